The molecule has 1 N–H and O–H groups in total. The molecule has 0 spiro atoms. The first-order valence-electron chi connectivity index (χ1n) is 12.4. The Balaban J connectivity index is 1.31. The van der Waals surface area contributed by atoms with Gasteiger partial charge in [0.05, 0.1) is 5.69 Å². The summed E-state index contributed by atoms with van der Waals surface area (Å²) in [6.45, 7) is 6.16. The first-order chi connectivity index (χ1) is 16.7. The van der Waals surface area contributed by atoms with Crippen LogP contribution in [0.1, 0.15) is 49.1 Å². The third-order valence-corrected chi connectivity index (χ3v) is 7.26. The van der Waals surface area contributed by atoms with Crippen molar-refractivity contribution in [2.45, 2.75) is 50.6 Å². The van der Waals surface area contributed by atoms with E-state index in [4.69, 9.17) is 0 Å². The number of nitrogens with zero attached hydrogens (tertiary/aromatic N) is 4. The minimum absolute atomic E-state index is 0.141. The molecule has 3 aromatic rings. The third-order valence-electron chi connectivity index (χ3n) is 6.24. The smallest absolute Gasteiger partial charge is 0.220 e. The maximum Gasteiger partial charge on any atom is 0.220 e. The second kappa shape index (κ2) is 12.7. The van der Waals surface area contributed by atoms with Crippen molar-refractivity contribution in [2.75, 3.05) is 31.9 Å². The molecule has 2 aromatic carbocycles. The lowest BCUT2D eigenvalue weighted by atomic mass is 10.1. The minimum Gasteiger partial charge on any atom is -0.355 e. The van der Waals surface area contributed by atoms with Crippen LogP contribution < -0.4 is 5.32 Å². The van der Waals surface area contributed by atoms with Crippen molar-refractivity contribution >= 4 is 17.7 Å². The van der Waals surface area contributed by atoms with Crippen LogP contribution in [0.3, 0.4) is 0 Å². The van der Waals surface area contributed by atoms with Crippen LogP contribution >= 0.6 is 11.8 Å². The number of carbonyl (C=O) groups excluding carboxylic acids is 1. The molecule has 1 aliphatic rings. The average molecular weight is 478 g/mol. The highest BCUT2D eigenvalue weighted by atomic mass is 32.2. The number of hydrogen-bond donors (Lipinski definition) is 1. The SMILES string of the molecule is Cc1ccccc1-n1c(Cc2ccccc2)nnc1SCCCC(=O)NCCN1CCCCC1. The van der Waals surface area contributed by atoms with Gasteiger partial charge in [0.1, 0.15) is 5.82 Å². The minimum atomic E-state index is 0.141. The standard InChI is InChI=1S/C27H35N5OS/c1-22-11-6-7-14-24(22)32-25(21-23-12-4-2-5-13-23)29-30-27(32)34-20-10-15-26(33)28-16-19-31-17-8-3-9-18-31/h2,4-7,11-14H,3,8-10,15-21H2,1H3,(H,28,33). The van der Waals surface area contributed by atoms with Crippen molar-refractivity contribution in [3.05, 3.63) is 71.5 Å². The van der Waals surface area contributed by atoms with Crippen LogP contribution in [-0.4, -0.2) is 57.5 Å². The Kier molecular flexibility index (Phi) is 9.16. The summed E-state index contributed by atoms with van der Waals surface area (Å²) in [7, 11) is 0. The molecule has 4 rings (SSSR count). The summed E-state index contributed by atoms with van der Waals surface area (Å²) in [4.78, 5) is 14.7. The van der Waals surface area contributed by atoms with E-state index in [2.05, 4.69) is 80.4 Å². The van der Waals surface area contributed by atoms with Crippen molar-refractivity contribution in [3.63, 3.8) is 0 Å². The fraction of sp³-hybridized carbons (Fsp3) is 0.444. The number of nitrogens with one attached hydrogen (secondary N) is 1. The second-order valence-electron chi connectivity index (χ2n) is 8.89. The highest BCUT2D eigenvalue weighted by Crippen LogP contribution is 2.26. The van der Waals surface area contributed by atoms with Gasteiger partial charge in [0.15, 0.2) is 5.16 Å². The monoisotopic (exact) mass is 477 g/mol. The summed E-state index contributed by atoms with van der Waals surface area (Å²) >= 11 is 1.67. The quantitative estimate of drug-likeness (QED) is 0.322. The number of benzene rings is 2. The third kappa shape index (κ3) is 6.93. The number of thioether (sulfide) groups is 1. The van der Waals surface area contributed by atoms with E-state index in [-0.39, 0.29) is 5.91 Å². The van der Waals surface area contributed by atoms with Crippen molar-refractivity contribution in [1.82, 2.24) is 25.0 Å². The predicted molar refractivity (Wildman–Crippen MR) is 139 cm³/mol. The second-order valence-corrected chi connectivity index (χ2v) is 9.95. The molecule has 1 fully saturated rings. The first kappa shape index (κ1) is 24.5. The average Bonchev–Trinajstić information content (AvgIpc) is 3.25. The highest BCUT2D eigenvalue weighted by molar-refractivity contribution is 7.99. The van der Waals surface area contributed by atoms with Gasteiger partial charge in [-0.15, -0.1) is 10.2 Å². The van der Waals surface area contributed by atoms with Crippen LogP contribution in [0.4, 0.5) is 0 Å². The predicted octanol–water partition coefficient (Wildman–Crippen LogP) is 4.64. The molecule has 1 aromatic heterocycles. The Morgan fingerprint density at radius 3 is 2.56 bits per heavy atom. The van der Waals surface area contributed by atoms with E-state index in [1.165, 1.54) is 43.5 Å². The van der Waals surface area contributed by atoms with Gasteiger partial charge in [0, 0.05) is 31.7 Å². The lowest BCUT2D eigenvalue weighted by Crippen LogP contribution is -2.37. The van der Waals surface area contributed by atoms with E-state index in [1.807, 2.05) is 6.07 Å². The van der Waals surface area contributed by atoms with E-state index in [0.717, 1.165) is 48.4 Å². The van der Waals surface area contributed by atoms with E-state index in [9.17, 15) is 4.79 Å². The molecule has 0 unspecified atom stereocenters. The van der Waals surface area contributed by atoms with Crippen LogP contribution in [0.2, 0.25) is 0 Å². The van der Waals surface area contributed by atoms with Crippen molar-refractivity contribution in [1.29, 1.82) is 0 Å². The fourth-order valence-electron chi connectivity index (χ4n) is 4.36. The van der Waals surface area contributed by atoms with Crippen LogP contribution in [0.15, 0.2) is 59.8 Å². The molecule has 0 aliphatic carbocycles. The number of likely N-dealkylation sites (tertiary alicyclic amines) is 1. The maximum atomic E-state index is 12.3. The fourth-order valence-corrected chi connectivity index (χ4v) is 5.27. The van der Waals surface area contributed by atoms with Crippen LogP contribution in [0, 0.1) is 6.92 Å². The van der Waals surface area contributed by atoms with E-state index < -0.39 is 0 Å². The molecule has 0 atom stereocenters. The van der Waals surface area contributed by atoms with Crippen molar-refractivity contribution in [3.8, 4) is 5.69 Å². The topological polar surface area (TPSA) is 63.1 Å². The Bertz CT molecular complexity index is 1050. The summed E-state index contributed by atoms with van der Waals surface area (Å²) in [6, 6.07) is 18.7. The number of aryl methyl sites for hydroxylation is 1. The van der Waals surface area contributed by atoms with Crippen molar-refractivity contribution < 1.29 is 4.79 Å². The van der Waals surface area contributed by atoms with E-state index in [1.54, 1.807) is 11.8 Å². The number of para-hydroxylation sites is 1. The van der Waals surface area contributed by atoms with E-state index >= 15 is 0 Å². The van der Waals surface area contributed by atoms with Gasteiger partial charge in [-0.2, -0.15) is 0 Å². The van der Waals surface area contributed by atoms with Crippen molar-refractivity contribution in [2.24, 2.45) is 0 Å². The van der Waals surface area contributed by atoms with Gasteiger partial charge in [0.2, 0.25) is 5.91 Å². The summed E-state index contributed by atoms with van der Waals surface area (Å²) in [5.41, 5.74) is 3.51. The van der Waals surface area contributed by atoms with Gasteiger partial charge in [-0.3, -0.25) is 9.36 Å². The Morgan fingerprint density at radius 2 is 1.76 bits per heavy atom. The molecule has 1 amide bonds. The number of amides is 1. The number of rotatable bonds is 11. The molecule has 1 aliphatic heterocycles. The zero-order chi connectivity index (χ0) is 23.6. The molecule has 0 bridgehead atoms. The summed E-state index contributed by atoms with van der Waals surface area (Å²) in [6.07, 6.45) is 5.99. The highest BCUT2D eigenvalue weighted by Gasteiger charge is 2.16. The molecular formula is C27H35N5OS. The molecule has 7 heteroatoms. The lowest BCUT2D eigenvalue weighted by molar-refractivity contribution is -0.121. The number of aromatic nitrogens is 3. The van der Waals surface area contributed by atoms with Crippen LogP contribution in [-0.2, 0) is 11.2 Å². The molecule has 180 valence electrons. The Morgan fingerprint density at radius 1 is 1.00 bits per heavy atom. The van der Waals surface area contributed by atoms with Gasteiger partial charge < -0.3 is 10.2 Å². The van der Waals surface area contributed by atoms with Gasteiger partial charge in [-0.25, -0.2) is 0 Å². The van der Waals surface area contributed by atoms with Gasteiger partial charge in [-0.05, 0) is 56.5 Å². The van der Waals surface area contributed by atoms with Gasteiger partial charge in [0.25, 0.3) is 0 Å². The van der Waals surface area contributed by atoms with Crippen LogP contribution in [0.25, 0.3) is 5.69 Å². The van der Waals surface area contributed by atoms with Crippen LogP contribution in [0.5, 0.6) is 0 Å². The molecule has 6 nitrogen and oxygen atoms in total. The first-order valence-corrected chi connectivity index (χ1v) is 13.4. The molecule has 2 heterocycles. The largest absolute Gasteiger partial charge is 0.355 e. The molecule has 34 heavy (non-hydrogen) atoms. The molecular weight excluding hydrogens is 442 g/mol. The summed E-state index contributed by atoms with van der Waals surface area (Å²) in [5.74, 6) is 1.90. The maximum absolute atomic E-state index is 12.3. The number of piperidine rings is 1. The molecule has 0 saturated carbocycles. The zero-order valence-corrected chi connectivity index (χ0v) is 20.9. The number of carbonyl (C=O) groups is 1. The molecule has 1 saturated heterocycles. The Labute approximate surface area is 207 Å². The lowest BCUT2D eigenvalue weighted by Gasteiger charge is -2.26. The number of hydrogen-bond acceptors (Lipinski definition) is 5. The van der Waals surface area contributed by atoms with E-state index in [0.29, 0.717) is 6.42 Å². The van der Waals surface area contributed by atoms with Gasteiger partial charge in [-0.1, -0.05) is 66.7 Å². The Hall–Kier alpha value is -2.64. The summed E-state index contributed by atoms with van der Waals surface area (Å²) in [5, 5.41) is 13.0. The zero-order valence-electron chi connectivity index (χ0n) is 20.1. The molecule has 0 radical (unpaired) electrons. The summed E-state index contributed by atoms with van der Waals surface area (Å²) < 4.78 is 2.17. The van der Waals surface area contributed by atoms with Gasteiger partial charge >= 0.3 is 0 Å². The normalized spacial score (nSPS) is 14.3.